The molecule has 0 saturated carbocycles. The SMILES string of the molecule is Cc1ccc(OCCCl)c(Cn2c(NC3CCN(CCN)CC3)nc3ccccc32)n1. The lowest BCUT2D eigenvalue weighted by atomic mass is 10.1. The number of nitrogens with two attached hydrogens (primary N) is 1. The molecule has 0 aliphatic carbocycles. The van der Waals surface area contributed by atoms with Crippen LogP contribution < -0.4 is 15.8 Å². The van der Waals surface area contributed by atoms with E-state index in [1.165, 1.54) is 0 Å². The topological polar surface area (TPSA) is 81.2 Å². The van der Waals surface area contributed by atoms with Crippen molar-refractivity contribution in [2.24, 2.45) is 5.73 Å². The molecule has 1 aliphatic heterocycles. The van der Waals surface area contributed by atoms with Crippen molar-refractivity contribution in [1.29, 1.82) is 0 Å². The predicted molar refractivity (Wildman–Crippen MR) is 126 cm³/mol. The molecule has 31 heavy (non-hydrogen) atoms. The number of ether oxygens (including phenoxy) is 1. The molecule has 3 aromatic rings. The number of aryl methyl sites for hydroxylation is 1. The number of rotatable bonds is 9. The zero-order valence-corrected chi connectivity index (χ0v) is 18.8. The van der Waals surface area contributed by atoms with Crippen LogP contribution in [0.2, 0.25) is 0 Å². The summed E-state index contributed by atoms with van der Waals surface area (Å²) in [5, 5.41) is 3.70. The Labute approximate surface area is 188 Å². The third kappa shape index (κ3) is 5.29. The highest BCUT2D eigenvalue weighted by Gasteiger charge is 2.21. The zero-order valence-electron chi connectivity index (χ0n) is 18.1. The number of hydrogen-bond acceptors (Lipinski definition) is 6. The predicted octanol–water partition coefficient (Wildman–Crippen LogP) is 3.24. The molecule has 1 fully saturated rings. The minimum Gasteiger partial charge on any atom is -0.490 e. The van der Waals surface area contributed by atoms with E-state index < -0.39 is 0 Å². The molecule has 0 atom stereocenters. The molecule has 166 valence electrons. The molecule has 1 saturated heterocycles. The van der Waals surface area contributed by atoms with E-state index in [1.54, 1.807) is 0 Å². The molecule has 0 amide bonds. The number of imidazole rings is 1. The van der Waals surface area contributed by atoms with Gasteiger partial charge < -0.3 is 25.3 Å². The number of alkyl halides is 1. The van der Waals surface area contributed by atoms with Crippen LogP contribution in [0.3, 0.4) is 0 Å². The first kappa shape index (κ1) is 21.9. The second-order valence-electron chi connectivity index (χ2n) is 7.99. The van der Waals surface area contributed by atoms with Crippen LogP contribution in [0.5, 0.6) is 5.75 Å². The Hall–Kier alpha value is -2.35. The van der Waals surface area contributed by atoms with Gasteiger partial charge in [0.05, 0.1) is 23.5 Å². The lowest BCUT2D eigenvalue weighted by molar-refractivity contribution is 0.224. The van der Waals surface area contributed by atoms with Gasteiger partial charge in [-0.25, -0.2) is 4.98 Å². The molecule has 8 heteroatoms. The molecular formula is C23H31ClN6O. The summed E-state index contributed by atoms with van der Waals surface area (Å²) in [4.78, 5) is 12.1. The molecule has 0 bridgehead atoms. The summed E-state index contributed by atoms with van der Waals surface area (Å²) in [5.74, 6) is 2.09. The third-order valence-electron chi connectivity index (χ3n) is 5.73. The van der Waals surface area contributed by atoms with Gasteiger partial charge in [-0.2, -0.15) is 0 Å². The molecular weight excluding hydrogens is 412 g/mol. The fourth-order valence-corrected chi connectivity index (χ4v) is 4.23. The van der Waals surface area contributed by atoms with Gasteiger partial charge in [0.1, 0.15) is 18.1 Å². The zero-order chi connectivity index (χ0) is 21.6. The molecule has 0 unspecified atom stereocenters. The van der Waals surface area contributed by atoms with Crippen molar-refractivity contribution in [1.82, 2.24) is 19.4 Å². The van der Waals surface area contributed by atoms with Crippen LogP contribution in [0.25, 0.3) is 11.0 Å². The molecule has 3 heterocycles. The van der Waals surface area contributed by atoms with E-state index in [0.717, 1.165) is 66.6 Å². The smallest absolute Gasteiger partial charge is 0.204 e. The van der Waals surface area contributed by atoms with Crippen LogP contribution in [0.15, 0.2) is 36.4 Å². The minimum absolute atomic E-state index is 0.391. The van der Waals surface area contributed by atoms with Gasteiger partial charge in [-0.3, -0.25) is 4.98 Å². The normalized spacial score (nSPS) is 15.5. The van der Waals surface area contributed by atoms with Gasteiger partial charge in [-0.1, -0.05) is 12.1 Å². The van der Waals surface area contributed by atoms with Crippen molar-refractivity contribution < 1.29 is 4.74 Å². The Balaban J connectivity index is 1.60. The van der Waals surface area contributed by atoms with Gasteiger partial charge in [0.2, 0.25) is 5.95 Å². The number of hydrogen-bond donors (Lipinski definition) is 2. The van der Waals surface area contributed by atoms with Crippen molar-refractivity contribution in [2.45, 2.75) is 32.4 Å². The van der Waals surface area contributed by atoms with Gasteiger partial charge in [-0.15, -0.1) is 11.6 Å². The maximum atomic E-state index is 5.86. The van der Waals surface area contributed by atoms with E-state index in [1.807, 2.05) is 31.2 Å². The Kier molecular flexibility index (Phi) is 7.27. The Morgan fingerprint density at radius 1 is 1.16 bits per heavy atom. The minimum atomic E-state index is 0.391. The lowest BCUT2D eigenvalue weighted by Crippen LogP contribution is -2.41. The van der Waals surface area contributed by atoms with Crippen molar-refractivity contribution in [2.75, 3.05) is 44.0 Å². The highest BCUT2D eigenvalue weighted by atomic mass is 35.5. The third-order valence-corrected chi connectivity index (χ3v) is 5.89. The number of halogens is 1. The number of pyridine rings is 1. The molecule has 4 rings (SSSR count). The number of likely N-dealkylation sites (tertiary alicyclic amines) is 1. The van der Waals surface area contributed by atoms with Crippen LogP contribution >= 0.6 is 11.6 Å². The number of fused-ring (bicyclic) bond motifs is 1. The van der Waals surface area contributed by atoms with Crippen molar-refractivity contribution >= 4 is 28.6 Å². The molecule has 1 aromatic carbocycles. The maximum Gasteiger partial charge on any atom is 0.204 e. The molecule has 0 spiro atoms. The van der Waals surface area contributed by atoms with Gasteiger partial charge >= 0.3 is 0 Å². The Morgan fingerprint density at radius 3 is 2.74 bits per heavy atom. The molecule has 0 radical (unpaired) electrons. The van der Waals surface area contributed by atoms with E-state index in [0.29, 0.717) is 31.6 Å². The fraction of sp³-hybridized carbons (Fsp3) is 0.478. The van der Waals surface area contributed by atoms with Gasteiger partial charge in [0, 0.05) is 37.9 Å². The van der Waals surface area contributed by atoms with Crippen molar-refractivity contribution in [3.8, 4) is 5.75 Å². The van der Waals surface area contributed by atoms with Crippen molar-refractivity contribution in [3.63, 3.8) is 0 Å². The quantitative estimate of drug-likeness (QED) is 0.495. The van der Waals surface area contributed by atoms with Crippen LogP contribution in [-0.4, -0.2) is 64.1 Å². The fourth-order valence-electron chi connectivity index (χ4n) is 4.15. The van der Waals surface area contributed by atoms with Gasteiger partial charge in [0.15, 0.2) is 0 Å². The van der Waals surface area contributed by atoms with Crippen LogP contribution in [0.4, 0.5) is 5.95 Å². The first-order valence-corrected chi connectivity index (χ1v) is 11.5. The molecule has 3 N–H and O–H groups in total. The van der Waals surface area contributed by atoms with Crippen LogP contribution in [0.1, 0.15) is 24.2 Å². The largest absolute Gasteiger partial charge is 0.490 e. The summed E-state index contributed by atoms with van der Waals surface area (Å²) in [6, 6.07) is 12.6. The highest BCUT2D eigenvalue weighted by molar-refractivity contribution is 6.18. The number of anilines is 1. The van der Waals surface area contributed by atoms with E-state index in [-0.39, 0.29) is 0 Å². The number of aromatic nitrogens is 3. The summed E-state index contributed by atoms with van der Waals surface area (Å²) in [6.45, 7) is 6.83. The van der Waals surface area contributed by atoms with E-state index >= 15 is 0 Å². The monoisotopic (exact) mass is 442 g/mol. The number of nitrogens with one attached hydrogen (secondary N) is 1. The summed E-state index contributed by atoms with van der Waals surface area (Å²) < 4.78 is 8.07. The summed E-state index contributed by atoms with van der Waals surface area (Å²) in [5.41, 5.74) is 9.61. The summed E-state index contributed by atoms with van der Waals surface area (Å²) >= 11 is 5.84. The number of nitrogens with zero attached hydrogens (tertiary/aromatic N) is 4. The second-order valence-corrected chi connectivity index (χ2v) is 8.37. The van der Waals surface area contributed by atoms with E-state index in [9.17, 15) is 0 Å². The Morgan fingerprint density at radius 2 is 1.97 bits per heavy atom. The molecule has 2 aromatic heterocycles. The number of piperidine rings is 1. The average molecular weight is 443 g/mol. The Bertz CT molecular complexity index is 999. The van der Waals surface area contributed by atoms with E-state index in [4.69, 9.17) is 32.0 Å². The lowest BCUT2D eigenvalue weighted by Gasteiger charge is -2.32. The average Bonchev–Trinajstić information content (AvgIpc) is 3.12. The molecule has 7 nitrogen and oxygen atoms in total. The first-order valence-electron chi connectivity index (χ1n) is 11.0. The van der Waals surface area contributed by atoms with Crippen molar-refractivity contribution in [3.05, 3.63) is 47.8 Å². The number of benzene rings is 1. The summed E-state index contributed by atoms with van der Waals surface area (Å²) in [6.07, 6.45) is 2.16. The van der Waals surface area contributed by atoms with E-state index in [2.05, 4.69) is 26.9 Å². The molecule has 1 aliphatic rings. The first-order chi connectivity index (χ1) is 15.2. The van der Waals surface area contributed by atoms with Crippen LogP contribution in [0, 0.1) is 6.92 Å². The maximum absolute atomic E-state index is 5.86. The van der Waals surface area contributed by atoms with Crippen LogP contribution in [-0.2, 0) is 6.54 Å². The van der Waals surface area contributed by atoms with Gasteiger partial charge in [-0.05, 0) is 44.0 Å². The number of para-hydroxylation sites is 2. The van der Waals surface area contributed by atoms with Gasteiger partial charge in [0.25, 0.3) is 0 Å². The standard InChI is InChI=1S/C23H31ClN6O/c1-17-6-7-22(31-15-10-24)20(26-17)16-30-21-5-3-2-4-19(21)28-23(30)27-18-8-12-29(13-9-18)14-11-25/h2-7,18H,8-16,25H2,1H3,(H,27,28). The summed E-state index contributed by atoms with van der Waals surface area (Å²) in [7, 11) is 0. The highest BCUT2D eigenvalue weighted by Crippen LogP contribution is 2.26. The second kappa shape index (κ2) is 10.3.